The zero-order valence-corrected chi connectivity index (χ0v) is 16.7. The summed E-state index contributed by atoms with van der Waals surface area (Å²) in [6, 6.07) is 6.25. The zero-order valence-electron chi connectivity index (χ0n) is 15.8. The van der Waals surface area contributed by atoms with Crippen molar-refractivity contribution in [2.75, 3.05) is 31.6 Å². The van der Waals surface area contributed by atoms with Gasteiger partial charge in [-0.15, -0.1) is 16.4 Å². The van der Waals surface area contributed by atoms with Crippen LogP contribution in [0.2, 0.25) is 0 Å². The number of alkyl halides is 3. The number of thiophene rings is 1. The number of aromatic nitrogens is 3. The van der Waals surface area contributed by atoms with Crippen LogP contribution in [0.3, 0.4) is 0 Å². The summed E-state index contributed by atoms with van der Waals surface area (Å²) in [6.45, 7) is 2.85. The molecule has 5 heterocycles. The number of anilines is 1. The second-order valence-corrected chi connectivity index (χ2v) is 8.67. The molecule has 0 aliphatic carbocycles. The molecular weight excluding hydrogens is 419 g/mol. The van der Waals surface area contributed by atoms with Crippen LogP contribution < -0.4 is 5.32 Å². The Kier molecular flexibility index (Phi) is 4.92. The van der Waals surface area contributed by atoms with Gasteiger partial charge in [0.1, 0.15) is 16.4 Å². The van der Waals surface area contributed by atoms with E-state index in [1.807, 2.05) is 0 Å². The molecule has 7 nitrogen and oxygen atoms in total. The van der Waals surface area contributed by atoms with E-state index in [1.54, 1.807) is 12.1 Å². The van der Waals surface area contributed by atoms with Gasteiger partial charge in [-0.05, 0) is 30.7 Å². The van der Waals surface area contributed by atoms with E-state index in [0.29, 0.717) is 59.2 Å². The highest BCUT2D eigenvalue weighted by Gasteiger charge is 2.35. The highest BCUT2D eigenvalue weighted by molar-refractivity contribution is 7.15. The fraction of sp³-hybridized carbons (Fsp3) is 0.474. The number of likely N-dealkylation sites (tertiary alicyclic amines) is 1. The molecule has 2 N–H and O–H groups in total. The van der Waals surface area contributed by atoms with E-state index < -0.39 is 17.2 Å². The number of β-amino-alcohol motifs (C(OH)–C–C–N with tert-alkyl or cyclic N) is 1. The van der Waals surface area contributed by atoms with Crippen molar-refractivity contribution in [3.63, 3.8) is 0 Å². The first-order chi connectivity index (χ1) is 14.4. The number of imidazole rings is 1. The minimum atomic E-state index is -4.37. The minimum absolute atomic E-state index is 0.155. The summed E-state index contributed by atoms with van der Waals surface area (Å²) in [4.78, 5) is 6.27. The molecule has 160 valence electrons. The predicted molar refractivity (Wildman–Crippen MR) is 106 cm³/mol. The molecule has 2 aliphatic heterocycles. The van der Waals surface area contributed by atoms with Crippen molar-refractivity contribution in [1.29, 1.82) is 0 Å². The first-order valence-electron chi connectivity index (χ1n) is 9.67. The second-order valence-electron chi connectivity index (χ2n) is 7.59. The molecule has 0 bridgehead atoms. The Morgan fingerprint density at radius 2 is 2.03 bits per heavy atom. The van der Waals surface area contributed by atoms with Gasteiger partial charge in [-0.1, -0.05) is 0 Å². The van der Waals surface area contributed by atoms with E-state index in [9.17, 15) is 18.3 Å². The molecular formula is C19H20F3N5O2S. The first-order valence-corrected chi connectivity index (χ1v) is 10.5. The van der Waals surface area contributed by atoms with Crippen LogP contribution in [0.5, 0.6) is 0 Å². The van der Waals surface area contributed by atoms with E-state index in [1.165, 1.54) is 16.8 Å². The average Bonchev–Trinajstić information content (AvgIpc) is 3.28. The lowest BCUT2D eigenvalue weighted by Gasteiger charge is -2.43. The van der Waals surface area contributed by atoms with Gasteiger partial charge in [-0.25, -0.2) is 9.50 Å². The van der Waals surface area contributed by atoms with Crippen molar-refractivity contribution in [2.45, 2.75) is 30.8 Å². The SMILES string of the molecule is O[C@@H]1CN(C2COC2)CC[C@H]1Nc1ccc2ncc(-c3ccc(C(F)(F)F)s3)n2n1. The average molecular weight is 439 g/mol. The van der Waals surface area contributed by atoms with Gasteiger partial charge in [0.15, 0.2) is 5.65 Å². The van der Waals surface area contributed by atoms with Crippen LogP contribution in [0.1, 0.15) is 11.3 Å². The largest absolute Gasteiger partial charge is 0.425 e. The lowest BCUT2D eigenvalue weighted by Crippen LogP contribution is -2.58. The molecule has 2 fully saturated rings. The molecule has 2 saturated heterocycles. The zero-order chi connectivity index (χ0) is 20.9. The van der Waals surface area contributed by atoms with Crippen molar-refractivity contribution in [3.8, 4) is 10.6 Å². The number of hydrogen-bond acceptors (Lipinski definition) is 7. The number of aliphatic hydroxyl groups is 1. The number of hydrogen-bond donors (Lipinski definition) is 2. The van der Waals surface area contributed by atoms with E-state index in [0.717, 1.165) is 19.0 Å². The number of halogens is 3. The number of nitrogens with zero attached hydrogens (tertiary/aromatic N) is 4. The van der Waals surface area contributed by atoms with Gasteiger partial charge >= 0.3 is 6.18 Å². The van der Waals surface area contributed by atoms with Gasteiger partial charge in [0.2, 0.25) is 0 Å². The van der Waals surface area contributed by atoms with Gasteiger partial charge < -0.3 is 15.2 Å². The van der Waals surface area contributed by atoms with Gasteiger partial charge in [0.25, 0.3) is 0 Å². The van der Waals surface area contributed by atoms with Crippen molar-refractivity contribution >= 4 is 22.8 Å². The third-order valence-electron chi connectivity index (χ3n) is 5.58. The predicted octanol–water partition coefficient (Wildman–Crippen LogP) is 2.72. The van der Waals surface area contributed by atoms with Crippen LogP contribution in [0, 0.1) is 0 Å². The van der Waals surface area contributed by atoms with Crippen molar-refractivity contribution in [1.82, 2.24) is 19.5 Å². The monoisotopic (exact) mass is 439 g/mol. The van der Waals surface area contributed by atoms with Crippen LogP contribution in [-0.4, -0.2) is 69.1 Å². The summed E-state index contributed by atoms with van der Waals surface area (Å²) >= 11 is 0.663. The molecule has 11 heteroatoms. The summed E-state index contributed by atoms with van der Waals surface area (Å²) < 4.78 is 45.6. The van der Waals surface area contributed by atoms with Crippen LogP contribution in [0.4, 0.5) is 19.0 Å². The van der Waals surface area contributed by atoms with Crippen LogP contribution >= 0.6 is 11.3 Å². The molecule has 0 aromatic carbocycles. The maximum Gasteiger partial charge on any atom is 0.425 e. The maximum absolute atomic E-state index is 13.0. The Morgan fingerprint density at radius 3 is 2.70 bits per heavy atom. The molecule has 3 aromatic rings. The van der Waals surface area contributed by atoms with Crippen LogP contribution in [-0.2, 0) is 10.9 Å². The Hall–Kier alpha value is -2.21. The lowest BCUT2D eigenvalue weighted by atomic mass is 9.99. The molecule has 0 saturated carbocycles. The summed E-state index contributed by atoms with van der Waals surface area (Å²) in [6.07, 6.45) is -2.65. The van der Waals surface area contributed by atoms with E-state index in [2.05, 4.69) is 20.3 Å². The highest BCUT2D eigenvalue weighted by atomic mass is 32.1. The minimum Gasteiger partial charge on any atom is -0.390 e. The van der Waals surface area contributed by atoms with Crippen LogP contribution in [0.15, 0.2) is 30.5 Å². The second kappa shape index (κ2) is 7.49. The topological polar surface area (TPSA) is 74.9 Å². The Balaban J connectivity index is 1.35. The third kappa shape index (κ3) is 3.66. The summed E-state index contributed by atoms with van der Waals surface area (Å²) in [5.41, 5.74) is 1.03. The van der Waals surface area contributed by atoms with E-state index in [-0.39, 0.29) is 6.04 Å². The maximum atomic E-state index is 13.0. The van der Waals surface area contributed by atoms with Gasteiger partial charge in [0, 0.05) is 13.1 Å². The fourth-order valence-corrected chi connectivity index (χ4v) is 4.69. The number of fused-ring (bicyclic) bond motifs is 1. The van der Waals surface area contributed by atoms with Crippen molar-refractivity contribution in [3.05, 3.63) is 35.3 Å². The first kappa shape index (κ1) is 19.7. The molecule has 0 amide bonds. The standard InChI is InChI=1S/C19H20F3N5O2S/c20-19(21,22)16-2-1-15(30-16)13-7-23-18-4-3-17(25-27(13)18)24-12-5-6-26(8-14(12)28)11-9-29-10-11/h1-4,7,11-12,14,28H,5-6,8-10H2,(H,24,25)/t12-,14-/m1/s1. The Labute approximate surface area is 174 Å². The number of nitrogens with one attached hydrogen (secondary N) is 1. The Bertz CT molecular complexity index is 1050. The molecule has 0 unspecified atom stereocenters. The number of rotatable bonds is 4. The summed E-state index contributed by atoms with van der Waals surface area (Å²) in [5, 5.41) is 18.3. The number of aliphatic hydroxyl groups excluding tert-OH is 1. The molecule has 0 radical (unpaired) electrons. The van der Waals surface area contributed by atoms with Gasteiger partial charge in [0.05, 0.1) is 42.5 Å². The highest BCUT2D eigenvalue weighted by Crippen LogP contribution is 2.38. The van der Waals surface area contributed by atoms with Gasteiger partial charge in [-0.2, -0.15) is 13.2 Å². The molecule has 0 spiro atoms. The summed E-state index contributed by atoms with van der Waals surface area (Å²) in [5.74, 6) is 0.541. The number of ether oxygens (including phenoxy) is 1. The summed E-state index contributed by atoms with van der Waals surface area (Å²) in [7, 11) is 0. The van der Waals surface area contributed by atoms with Crippen LogP contribution in [0.25, 0.3) is 16.2 Å². The third-order valence-corrected chi connectivity index (χ3v) is 6.74. The number of piperidine rings is 1. The molecule has 3 aromatic heterocycles. The molecule has 5 rings (SSSR count). The molecule has 2 aliphatic rings. The Morgan fingerprint density at radius 1 is 1.20 bits per heavy atom. The molecule has 30 heavy (non-hydrogen) atoms. The van der Waals surface area contributed by atoms with E-state index >= 15 is 0 Å². The quantitative estimate of drug-likeness (QED) is 0.651. The smallest absolute Gasteiger partial charge is 0.390 e. The lowest BCUT2D eigenvalue weighted by molar-refractivity contribution is -0.134. The van der Waals surface area contributed by atoms with Crippen molar-refractivity contribution < 1.29 is 23.0 Å². The molecule has 2 atom stereocenters. The van der Waals surface area contributed by atoms with Crippen molar-refractivity contribution in [2.24, 2.45) is 0 Å². The van der Waals surface area contributed by atoms with E-state index in [4.69, 9.17) is 4.74 Å². The fourth-order valence-electron chi connectivity index (χ4n) is 3.83. The van der Waals surface area contributed by atoms with Gasteiger partial charge in [-0.3, -0.25) is 4.90 Å². The normalized spacial score (nSPS) is 23.6.